The molecule has 0 amide bonds. The molecular weight excluding hydrogens is 251 g/mol. The van der Waals surface area contributed by atoms with E-state index in [1.807, 2.05) is 0 Å². The van der Waals surface area contributed by atoms with E-state index in [1.54, 1.807) is 0 Å². The molecule has 0 bridgehead atoms. The van der Waals surface area contributed by atoms with Gasteiger partial charge >= 0.3 is 0 Å². The SMILES string of the molecule is Cl.N[C@@H](c1cc(F)cc(F)c1F)C1CCCC1. The Bertz CT molecular complexity index is 392. The Labute approximate surface area is 105 Å². The molecule has 0 aliphatic heterocycles. The maximum Gasteiger partial charge on any atom is 0.163 e. The van der Waals surface area contributed by atoms with Crippen molar-refractivity contribution in [3.63, 3.8) is 0 Å². The van der Waals surface area contributed by atoms with Gasteiger partial charge in [0.2, 0.25) is 0 Å². The van der Waals surface area contributed by atoms with E-state index in [-0.39, 0.29) is 23.9 Å². The molecule has 0 unspecified atom stereocenters. The average Bonchev–Trinajstić information content (AvgIpc) is 2.75. The van der Waals surface area contributed by atoms with Crippen LogP contribution in [0.1, 0.15) is 37.3 Å². The number of hydrogen-bond donors (Lipinski definition) is 1. The Balaban J connectivity index is 0.00000144. The molecular formula is C12H15ClF3N. The molecule has 0 radical (unpaired) electrons. The first kappa shape index (κ1) is 14.3. The van der Waals surface area contributed by atoms with E-state index in [4.69, 9.17) is 5.73 Å². The summed E-state index contributed by atoms with van der Waals surface area (Å²) in [6, 6.07) is 0.939. The lowest BCUT2D eigenvalue weighted by atomic mass is 9.92. The zero-order valence-electron chi connectivity index (χ0n) is 9.26. The lowest BCUT2D eigenvalue weighted by molar-refractivity contribution is 0.410. The van der Waals surface area contributed by atoms with Crippen LogP contribution in [0.5, 0.6) is 0 Å². The first-order valence-electron chi connectivity index (χ1n) is 5.49. The summed E-state index contributed by atoms with van der Waals surface area (Å²) in [5.74, 6) is -2.82. The van der Waals surface area contributed by atoms with Crippen LogP contribution in [-0.2, 0) is 0 Å². The van der Waals surface area contributed by atoms with Crippen molar-refractivity contribution < 1.29 is 13.2 Å². The van der Waals surface area contributed by atoms with E-state index in [2.05, 4.69) is 0 Å². The molecule has 0 aromatic heterocycles. The van der Waals surface area contributed by atoms with Crippen LogP contribution in [0.3, 0.4) is 0 Å². The number of nitrogens with two attached hydrogens (primary N) is 1. The molecule has 1 aliphatic rings. The van der Waals surface area contributed by atoms with Gasteiger partial charge in [-0.05, 0) is 24.8 Å². The van der Waals surface area contributed by atoms with Crippen LogP contribution in [0.2, 0.25) is 0 Å². The number of rotatable bonds is 2. The van der Waals surface area contributed by atoms with Crippen molar-refractivity contribution >= 4 is 12.4 Å². The van der Waals surface area contributed by atoms with Gasteiger partial charge in [0, 0.05) is 17.7 Å². The summed E-state index contributed by atoms with van der Waals surface area (Å²) in [5.41, 5.74) is 5.83. The molecule has 1 saturated carbocycles. The highest BCUT2D eigenvalue weighted by molar-refractivity contribution is 5.85. The minimum absolute atomic E-state index is 0. The van der Waals surface area contributed by atoms with Gasteiger partial charge in [0.25, 0.3) is 0 Å². The Hall–Kier alpha value is -0.740. The molecule has 1 nitrogen and oxygen atoms in total. The van der Waals surface area contributed by atoms with Gasteiger partial charge in [-0.2, -0.15) is 0 Å². The van der Waals surface area contributed by atoms with Gasteiger partial charge in [-0.3, -0.25) is 0 Å². The van der Waals surface area contributed by atoms with Crippen LogP contribution in [-0.4, -0.2) is 0 Å². The molecule has 1 aromatic rings. The van der Waals surface area contributed by atoms with Crippen molar-refractivity contribution in [3.8, 4) is 0 Å². The summed E-state index contributed by atoms with van der Waals surface area (Å²) in [6.45, 7) is 0. The monoisotopic (exact) mass is 265 g/mol. The van der Waals surface area contributed by atoms with E-state index in [1.165, 1.54) is 0 Å². The summed E-state index contributed by atoms with van der Waals surface area (Å²) >= 11 is 0. The van der Waals surface area contributed by atoms with Crippen LogP contribution >= 0.6 is 12.4 Å². The molecule has 2 N–H and O–H groups in total. The Kier molecular flexibility index (Phi) is 4.83. The summed E-state index contributed by atoms with van der Waals surface area (Å²) in [7, 11) is 0. The highest BCUT2D eigenvalue weighted by Crippen LogP contribution is 2.35. The van der Waals surface area contributed by atoms with Crippen molar-refractivity contribution in [2.45, 2.75) is 31.7 Å². The van der Waals surface area contributed by atoms with Crippen LogP contribution < -0.4 is 5.73 Å². The molecule has 96 valence electrons. The smallest absolute Gasteiger partial charge is 0.163 e. The van der Waals surface area contributed by atoms with Crippen molar-refractivity contribution in [3.05, 3.63) is 35.1 Å². The highest BCUT2D eigenvalue weighted by Gasteiger charge is 2.26. The molecule has 0 heterocycles. The van der Waals surface area contributed by atoms with Gasteiger partial charge < -0.3 is 5.73 Å². The second kappa shape index (κ2) is 5.74. The van der Waals surface area contributed by atoms with Crippen LogP contribution in [0.15, 0.2) is 12.1 Å². The third-order valence-corrected chi connectivity index (χ3v) is 3.29. The Morgan fingerprint density at radius 1 is 1.12 bits per heavy atom. The van der Waals surface area contributed by atoms with Crippen LogP contribution in [0.25, 0.3) is 0 Å². The first-order valence-corrected chi connectivity index (χ1v) is 5.49. The summed E-state index contributed by atoms with van der Waals surface area (Å²) < 4.78 is 39.5. The molecule has 1 fully saturated rings. The van der Waals surface area contributed by atoms with Gasteiger partial charge in [-0.15, -0.1) is 12.4 Å². The standard InChI is InChI=1S/C12H14F3N.ClH/c13-8-5-9(11(15)10(14)6-8)12(16)7-3-1-2-4-7;/h5-7,12H,1-4,16H2;1H/t12-;/m1./s1. The predicted octanol–water partition coefficient (Wildman–Crippen LogP) is 3.72. The molecule has 1 aromatic carbocycles. The number of hydrogen-bond acceptors (Lipinski definition) is 1. The third-order valence-electron chi connectivity index (χ3n) is 3.29. The van der Waals surface area contributed by atoms with E-state index >= 15 is 0 Å². The quantitative estimate of drug-likeness (QED) is 0.811. The zero-order chi connectivity index (χ0) is 11.7. The normalized spacial score (nSPS) is 17.9. The fourth-order valence-electron chi connectivity index (χ4n) is 2.39. The van der Waals surface area contributed by atoms with E-state index in [9.17, 15) is 13.2 Å². The summed E-state index contributed by atoms with van der Waals surface area (Å²) in [5, 5.41) is 0. The predicted molar refractivity (Wildman–Crippen MR) is 62.5 cm³/mol. The van der Waals surface area contributed by atoms with Gasteiger partial charge in [0.15, 0.2) is 11.6 Å². The molecule has 1 aliphatic carbocycles. The average molecular weight is 266 g/mol. The van der Waals surface area contributed by atoms with E-state index < -0.39 is 23.5 Å². The highest BCUT2D eigenvalue weighted by atomic mass is 35.5. The molecule has 1 atom stereocenters. The van der Waals surface area contributed by atoms with Gasteiger partial charge in [0.1, 0.15) is 5.82 Å². The topological polar surface area (TPSA) is 26.0 Å². The minimum Gasteiger partial charge on any atom is -0.324 e. The van der Waals surface area contributed by atoms with Crippen LogP contribution in [0.4, 0.5) is 13.2 Å². The van der Waals surface area contributed by atoms with Crippen molar-refractivity contribution in [1.29, 1.82) is 0 Å². The fraction of sp³-hybridized carbons (Fsp3) is 0.500. The molecule has 0 saturated heterocycles. The van der Waals surface area contributed by atoms with Crippen molar-refractivity contribution in [1.82, 2.24) is 0 Å². The summed E-state index contributed by atoms with van der Waals surface area (Å²) in [4.78, 5) is 0. The van der Waals surface area contributed by atoms with Gasteiger partial charge in [0.05, 0.1) is 0 Å². The lowest BCUT2D eigenvalue weighted by Crippen LogP contribution is -2.21. The largest absolute Gasteiger partial charge is 0.324 e. The maximum absolute atomic E-state index is 13.5. The third kappa shape index (κ3) is 2.93. The maximum atomic E-state index is 13.5. The van der Waals surface area contributed by atoms with E-state index in [0.29, 0.717) is 6.07 Å². The Morgan fingerprint density at radius 3 is 2.29 bits per heavy atom. The zero-order valence-corrected chi connectivity index (χ0v) is 10.1. The molecule has 0 spiro atoms. The lowest BCUT2D eigenvalue weighted by Gasteiger charge is -2.19. The summed E-state index contributed by atoms with van der Waals surface area (Å²) in [6.07, 6.45) is 3.91. The van der Waals surface area contributed by atoms with Gasteiger partial charge in [-0.25, -0.2) is 13.2 Å². The van der Waals surface area contributed by atoms with Crippen molar-refractivity contribution in [2.75, 3.05) is 0 Å². The van der Waals surface area contributed by atoms with Crippen LogP contribution in [0, 0.1) is 23.4 Å². The first-order chi connectivity index (χ1) is 7.59. The van der Waals surface area contributed by atoms with Gasteiger partial charge in [-0.1, -0.05) is 12.8 Å². The fourth-order valence-corrected chi connectivity index (χ4v) is 2.39. The number of halogens is 4. The second-order valence-electron chi connectivity index (χ2n) is 4.36. The molecule has 17 heavy (non-hydrogen) atoms. The Morgan fingerprint density at radius 2 is 1.71 bits per heavy atom. The molecule has 2 rings (SSSR count). The molecule has 5 heteroatoms. The van der Waals surface area contributed by atoms with Crippen molar-refractivity contribution in [2.24, 2.45) is 11.7 Å². The second-order valence-corrected chi connectivity index (χ2v) is 4.36. The minimum atomic E-state index is -1.16. The number of benzene rings is 1. The van der Waals surface area contributed by atoms with E-state index in [0.717, 1.165) is 31.7 Å².